The lowest BCUT2D eigenvalue weighted by Gasteiger charge is -2.20. The zero-order valence-electron chi connectivity index (χ0n) is 5.82. The molecule has 0 radical (unpaired) electrons. The van der Waals surface area contributed by atoms with Crippen LogP contribution in [-0.2, 0) is 0 Å². The van der Waals surface area contributed by atoms with E-state index < -0.39 is 0 Å². The first kappa shape index (κ1) is 6.88. The normalized spacial score (nSPS) is 23.7. The Hall–Kier alpha value is -0.230. The summed E-state index contributed by atoms with van der Waals surface area (Å²) in [6.07, 6.45) is 7.26. The van der Waals surface area contributed by atoms with Gasteiger partial charge in [-0.05, 0) is 17.9 Å². The van der Waals surface area contributed by atoms with Crippen LogP contribution in [0.15, 0.2) is 23.3 Å². The Morgan fingerprint density at radius 3 is 2.56 bits per heavy atom. The van der Waals surface area contributed by atoms with E-state index in [1.807, 2.05) is 6.08 Å². The third-order valence-electron chi connectivity index (χ3n) is 1.45. The van der Waals surface area contributed by atoms with E-state index in [1.54, 1.807) is 0 Å². The molecule has 0 N–H and O–H groups in total. The summed E-state index contributed by atoms with van der Waals surface area (Å²) in [5.41, 5.74) is 0.270. The second-order valence-electron chi connectivity index (χ2n) is 3.12. The maximum Gasteiger partial charge on any atom is 0.0368 e. The van der Waals surface area contributed by atoms with Gasteiger partial charge in [0.15, 0.2) is 0 Å². The van der Waals surface area contributed by atoms with Crippen molar-refractivity contribution in [1.29, 1.82) is 0 Å². The smallest absolute Gasteiger partial charge is 0.0368 e. The van der Waals surface area contributed by atoms with Crippen molar-refractivity contribution in [2.45, 2.75) is 20.3 Å². The fourth-order valence-corrected chi connectivity index (χ4v) is 1.34. The van der Waals surface area contributed by atoms with Gasteiger partial charge >= 0.3 is 0 Å². The van der Waals surface area contributed by atoms with Gasteiger partial charge in [0, 0.05) is 5.03 Å². The standard InChI is InChI=1S/C8H11Cl/c1-8(2)5-3-4-7(9)6-8/h3-4,6H,5H2,1-2H3. The van der Waals surface area contributed by atoms with E-state index in [2.05, 4.69) is 26.0 Å². The number of rotatable bonds is 0. The van der Waals surface area contributed by atoms with Gasteiger partial charge in [-0.25, -0.2) is 0 Å². The van der Waals surface area contributed by atoms with Crippen molar-refractivity contribution in [3.63, 3.8) is 0 Å². The molecule has 1 aliphatic carbocycles. The van der Waals surface area contributed by atoms with Gasteiger partial charge in [0.05, 0.1) is 0 Å². The Morgan fingerprint density at radius 2 is 2.22 bits per heavy atom. The fourth-order valence-electron chi connectivity index (χ4n) is 0.956. The van der Waals surface area contributed by atoms with Crippen molar-refractivity contribution >= 4 is 11.6 Å². The Balaban J connectivity index is 2.78. The predicted molar refractivity (Wildman–Crippen MR) is 41.5 cm³/mol. The van der Waals surface area contributed by atoms with Crippen LogP contribution >= 0.6 is 11.6 Å². The first-order chi connectivity index (χ1) is 4.10. The highest BCUT2D eigenvalue weighted by Crippen LogP contribution is 2.29. The fraction of sp³-hybridized carbons (Fsp3) is 0.500. The molecule has 0 unspecified atom stereocenters. The molecule has 0 saturated carbocycles. The molecule has 1 aliphatic rings. The second-order valence-corrected chi connectivity index (χ2v) is 3.56. The predicted octanol–water partition coefficient (Wildman–Crippen LogP) is 3.10. The molecule has 0 amide bonds. The summed E-state index contributed by atoms with van der Waals surface area (Å²) in [7, 11) is 0. The molecular formula is C8H11Cl. The van der Waals surface area contributed by atoms with E-state index in [1.165, 1.54) is 0 Å². The molecule has 1 rings (SSSR count). The van der Waals surface area contributed by atoms with Crippen LogP contribution in [0.4, 0.5) is 0 Å². The van der Waals surface area contributed by atoms with Crippen LogP contribution < -0.4 is 0 Å². The molecule has 0 saturated heterocycles. The summed E-state index contributed by atoms with van der Waals surface area (Å²) in [6.45, 7) is 4.36. The Kier molecular flexibility index (Phi) is 1.67. The monoisotopic (exact) mass is 142 g/mol. The number of allylic oxidation sites excluding steroid dienone is 4. The molecule has 50 valence electrons. The Morgan fingerprint density at radius 1 is 1.56 bits per heavy atom. The van der Waals surface area contributed by atoms with Crippen molar-refractivity contribution in [1.82, 2.24) is 0 Å². The van der Waals surface area contributed by atoms with Crippen LogP contribution in [0.2, 0.25) is 0 Å². The van der Waals surface area contributed by atoms with E-state index in [-0.39, 0.29) is 5.41 Å². The van der Waals surface area contributed by atoms with Crippen molar-refractivity contribution in [2.24, 2.45) is 5.41 Å². The van der Waals surface area contributed by atoms with Crippen LogP contribution in [0.5, 0.6) is 0 Å². The van der Waals surface area contributed by atoms with Crippen molar-refractivity contribution in [3.8, 4) is 0 Å². The van der Waals surface area contributed by atoms with Gasteiger partial charge in [0.25, 0.3) is 0 Å². The molecule has 0 nitrogen and oxygen atoms in total. The average molecular weight is 143 g/mol. The first-order valence-electron chi connectivity index (χ1n) is 3.15. The van der Waals surface area contributed by atoms with E-state index in [4.69, 9.17) is 11.6 Å². The van der Waals surface area contributed by atoms with Crippen LogP contribution in [0.25, 0.3) is 0 Å². The molecule has 0 heterocycles. The van der Waals surface area contributed by atoms with Gasteiger partial charge in [-0.2, -0.15) is 0 Å². The van der Waals surface area contributed by atoms with Gasteiger partial charge in [0.1, 0.15) is 0 Å². The summed E-state index contributed by atoms with van der Waals surface area (Å²) in [6, 6.07) is 0. The Bertz CT molecular complexity index is 163. The minimum absolute atomic E-state index is 0.270. The molecule has 0 spiro atoms. The van der Waals surface area contributed by atoms with Gasteiger partial charge in [-0.15, -0.1) is 0 Å². The molecule has 0 aromatic heterocycles. The largest absolute Gasteiger partial charge is 0.0847 e. The number of hydrogen-bond donors (Lipinski definition) is 0. The minimum atomic E-state index is 0.270. The molecule has 0 fully saturated rings. The Labute approximate surface area is 61.2 Å². The molecular weight excluding hydrogens is 132 g/mol. The highest BCUT2D eigenvalue weighted by Gasteiger charge is 2.15. The lowest BCUT2D eigenvalue weighted by molar-refractivity contribution is 0.483. The number of hydrogen-bond acceptors (Lipinski definition) is 0. The van der Waals surface area contributed by atoms with Gasteiger partial charge in [0.2, 0.25) is 0 Å². The summed E-state index contributed by atoms with van der Waals surface area (Å²) in [5.74, 6) is 0. The van der Waals surface area contributed by atoms with Crippen molar-refractivity contribution in [2.75, 3.05) is 0 Å². The highest BCUT2D eigenvalue weighted by molar-refractivity contribution is 6.31. The zero-order chi connectivity index (χ0) is 6.91. The van der Waals surface area contributed by atoms with Gasteiger partial charge < -0.3 is 0 Å². The minimum Gasteiger partial charge on any atom is -0.0847 e. The summed E-state index contributed by atoms with van der Waals surface area (Å²) in [4.78, 5) is 0. The molecule has 0 atom stereocenters. The van der Waals surface area contributed by atoms with Crippen LogP contribution in [0.3, 0.4) is 0 Å². The van der Waals surface area contributed by atoms with Crippen LogP contribution in [-0.4, -0.2) is 0 Å². The van der Waals surface area contributed by atoms with E-state index in [9.17, 15) is 0 Å². The average Bonchev–Trinajstić information content (AvgIpc) is 1.60. The third kappa shape index (κ3) is 1.87. The van der Waals surface area contributed by atoms with E-state index >= 15 is 0 Å². The van der Waals surface area contributed by atoms with Crippen LogP contribution in [0, 0.1) is 5.41 Å². The molecule has 0 aliphatic heterocycles. The maximum absolute atomic E-state index is 5.78. The first-order valence-corrected chi connectivity index (χ1v) is 3.53. The summed E-state index contributed by atoms with van der Waals surface area (Å²) < 4.78 is 0. The molecule has 1 heteroatoms. The van der Waals surface area contributed by atoms with Crippen LogP contribution in [0.1, 0.15) is 20.3 Å². The quantitative estimate of drug-likeness (QED) is 0.488. The molecule has 0 bridgehead atoms. The highest BCUT2D eigenvalue weighted by atomic mass is 35.5. The van der Waals surface area contributed by atoms with Gasteiger partial charge in [-0.3, -0.25) is 0 Å². The summed E-state index contributed by atoms with van der Waals surface area (Å²) >= 11 is 5.78. The second kappa shape index (κ2) is 2.18. The van der Waals surface area contributed by atoms with Gasteiger partial charge in [-0.1, -0.05) is 37.6 Å². The van der Waals surface area contributed by atoms with E-state index in [0.717, 1.165) is 11.5 Å². The zero-order valence-corrected chi connectivity index (χ0v) is 6.57. The van der Waals surface area contributed by atoms with Crippen molar-refractivity contribution in [3.05, 3.63) is 23.3 Å². The maximum atomic E-state index is 5.78. The summed E-state index contributed by atoms with van der Waals surface area (Å²) in [5, 5.41) is 0.867. The molecule has 0 aromatic rings. The van der Waals surface area contributed by atoms with E-state index in [0.29, 0.717) is 0 Å². The topological polar surface area (TPSA) is 0 Å². The molecule has 0 aromatic carbocycles. The lowest BCUT2D eigenvalue weighted by Crippen LogP contribution is -2.08. The molecule has 9 heavy (non-hydrogen) atoms. The SMILES string of the molecule is CC1(C)C=C(Cl)C=CC1. The lowest BCUT2D eigenvalue weighted by atomic mass is 9.86. The van der Waals surface area contributed by atoms with Crippen molar-refractivity contribution < 1.29 is 0 Å². The third-order valence-corrected chi connectivity index (χ3v) is 1.68. The number of halogens is 1.